The van der Waals surface area contributed by atoms with Crippen molar-refractivity contribution < 1.29 is 32.2 Å². The first-order chi connectivity index (χ1) is 14.2. The minimum Gasteiger partial charge on any atom is -0.330 e. The molecule has 1 unspecified atom stereocenters. The van der Waals surface area contributed by atoms with E-state index in [1.54, 1.807) is 0 Å². The monoisotopic (exact) mass is 437 g/mol. The van der Waals surface area contributed by atoms with E-state index in [-0.39, 0.29) is 11.5 Å². The van der Waals surface area contributed by atoms with Gasteiger partial charge in [-0.1, -0.05) is 69.2 Å². The molecule has 1 N–H and O–H groups in total. The molecule has 8 nitrogen and oxygen atoms in total. The van der Waals surface area contributed by atoms with Crippen LogP contribution in [0.15, 0.2) is 24.3 Å². The molecule has 2 amide bonds. The molecule has 0 aromatic heterocycles. The number of hydrogen-bond donors (Lipinski definition) is 1. The predicted molar refractivity (Wildman–Crippen MR) is 108 cm³/mol. The lowest BCUT2D eigenvalue weighted by molar-refractivity contribution is -0.196. The molecule has 9 heteroatoms. The minimum atomic E-state index is -4.74. The zero-order valence-electron chi connectivity index (χ0n) is 16.8. The summed E-state index contributed by atoms with van der Waals surface area (Å²) in [6.45, 7) is 0. The fourth-order valence-corrected chi connectivity index (χ4v) is 4.79. The topological polar surface area (TPSA) is 118 Å². The van der Waals surface area contributed by atoms with E-state index in [0.717, 1.165) is 6.42 Å². The quantitative estimate of drug-likeness (QED) is 0.537. The average molecular weight is 438 g/mol. The maximum absolute atomic E-state index is 12.1. The Morgan fingerprint density at radius 3 is 2.13 bits per heavy atom. The number of benzene rings is 1. The Bertz CT molecular complexity index is 886. The van der Waals surface area contributed by atoms with E-state index < -0.39 is 39.6 Å². The van der Waals surface area contributed by atoms with Crippen LogP contribution < -0.4 is 0 Å². The van der Waals surface area contributed by atoms with Crippen LogP contribution in [0.2, 0.25) is 0 Å². The number of carbonyl (C=O) groups excluding carboxylic acids is 3. The molecule has 1 aromatic carbocycles. The molecular weight excluding hydrogens is 410 g/mol. The number of nitrogens with zero attached hydrogens (tertiary/aromatic N) is 1. The summed E-state index contributed by atoms with van der Waals surface area (Å²) < 4.78 is 31.3. The maximum atomic E-state index is 12.1. The molecule has 164 valence electrons. The summed E-state index contributed by atoms with van der Waals surface area (Å²) in [4.78, 5) is 40.6. The Hall–Kier alpha value is -2.26. The molecule has 1 aliphatic heterocycles. The maximum Gasteiger partial charge on any atom is 0.337 e. The van der Waals surface area contributed by atoms with Crippen LogP contribution in [0, 0.1) is 5.92 Å². The van der Waals surface area contributed by atoms with Crippen LogP contribution in [-0.4, -0.2) is 41.1 Å². The van der Waals surface area contributed by atoms with Crippen molar-refractivity contribution in [3.8, 4) is 0 Å². The number of amides is 2. The highest BCUT2D eigenvalue weighted by molar-refractivity contribution is 7.87. The zero-order chi connectivity index (χ0) is 21.7. The predicted octanol–water partition coefficient (Wildman–Crippen LogP) is 2.61. The Morgan fingerprint density at radius 2 is 1.57 bits per heavy atom. The van der Waals surface area contributed by atoms with Crippen LogP contribution in [0.1, 0.15) is 62.5 Å². The molecule has 30 heavy (non-hydrogen) atoms. The van der Waals surface area contributed by atoms with Gasteiger partial charge in [-0.2, -0.15) is 8.42 Å². The molecule has 3 rings (SSSR count). The highest BCUT2D eigenvalue weighted by Gasteiger charge is 2.48. The molecule has 1 aliphatic carbocycles. The molecule has 2 aliphatic rings. The fourth-order valence-electron chi connectivity index (χ4n) is 4.08. The third kappa shape index (κ3) is 5.89. The normalized spacial score (nSPS) is 21.4. The van der Waals surface area contributed by atoms with Crippen LogP contribution in [0.25, 0.3) is 0 Å². The van der Waals surface area contributed by atoms with Crippen LogP contribution >= 0.6 is 0 Å². The number of hydrogen-bond acceptors (Lipinski definition) is 6. The Kier molecular flexibility index (Phi) is 7.25. The first-order valence-corrected chi connectivity index (χ1v) is 11.9. The lowest BCUT2D eigenvalue weighted by Gasteiger charge is -2.19. The summed E-state index contributed by atoms with van der Waals surface area (Å²) in [5.41, 5.74) is 1.87. The summed E-state index contributed by atoms with van der Waals surface area (Å²) in [5.74, 6) is -2.42. The van der Waals surface area contributed by atoms with Crippen molar-refractivity contribution in [1.82, 2.24) is 5.06 Å². The number of carbonyl (C=O) groups is 3. The van der Waals surface area contributed by atoms with Crippen LogP contribution in [0.3, 0.4) is 0 Å². The van der Waals surface area contributed by atoms with Crippen LogP contribution in [0.4, 0.5) is 0 Å². The standard InChI is InChI=1S/C21H27NO7S/c23-19-14-18(30(26,27)28)21(25)22(19)29-20(24)13-17-10-8-16(9-11-17)12-15-6-4-2-1-3-5-7-15/h8-11,15,18H,1-7,12-14H2,(H,26,27,28). The van der Waals surface area contributed by atoms with Gasteiger partial charge in [0.2, 0.25) is 0 Å². The van der Waals surface area contributed by atoms with Gasteiger partial charge in [0.1, 0.15) is 0 Å². The SMILES string of the molecule is O=C(Cc1ccc(CC2CCCCCCC2)cc1)ON1C(=O)CC(S(=O)(=O)O)C1=O. The van der Waals surface area contributed by atoms with Crippen molar-refractivity contribution in [3.05, 3.63) is 35.4 Å². The second-order valence-corrected chi connectivity index (χ2v) is 9.70. The number of imide groups is 1. The summed E-state index contributed by atoms with van der Waals surface area (Å²) in [5, 5.41) is -1.80. The van der Waals surface area contributed by atoms with Gasteiger partial charge in [0.25, 0.3) is 21.9 Å². The van der Waals surface area contributed by atoms with Crippen molar-refractivity contribution in [3.63, 3.8) is 0 Å². The van der Waals surface area contributed by atoms with E-state index in [1.807, 2.05) is 24.3 Å². The van der Waals surface area contributed by atoms with Crippen molar-refractivity contribution in [2.45, 2.75) is 69.5 Å². The smallest absolute Gasteiger partial charge is 0.330 e. The highest BCUT2D eigenvalue weighted by Crippen LogP contribution is 2.26. The molecule has 0 radical (unpaired) electrons. The highest BCUT2D eigenvalue weighted by atomic mass is 32.2. The third-order valence-corrected chi connectivity index (χ3v) is 6.82. The van der Waals surface area contributed by atoms with Gasteiger partial charge >= 0.3 is 5.97 Å². The van der Waals surface area contributed by atoms with Crippen molar-refractivity contribution >= 4 is 27.9 Å². The number of hydroxylamine groups is 2. The molecule has 1 heterocycles. The lowest BCUT2D eigenvalue weighted by Crippen LogP contribution is -2.37. The summed E-state index contributed by atoms with van der Waals surface area (Å²) >= 11 is 0. The third-order valence-electron chi connectivity index (χ3n) is 5.74. The van der Waals surface area contributed by atoms with Crippen molar-refractivity contribution in [2.75, 3.05) is 0 Å². The molecule has 0 spiro atoms. The molecule has 2 fully saturated rings. The van der Waals surface area contributed by atoms with Gasteiger partial charge in [0.15, 0.2) is 5.25 Å². The van der Waals surface area contributed by atoms with Gasteiger partial charge in [0, 0.05) is 0 Å². The van der Waals surface area contributed by atoms with Gasteiger partial charge in [-0.3, -0.25) is 14.1 Å². The van der Waals surface area contributed by atoms with Gasteiger partial charge in [-0.05, 0) is 23.5 Å². The van der Waals surface area contributed by atoms with E-state index in [1.165, 1.54) is 50.5 Å². The second kappa shape index (κ2) is 9.70. The first-order valence-electron chi connectivity index (χ1n) is 10.4. The molecule has 0 bridgehead atoms. The molecule has 1 saturated carbocycles. The van der Waals surface area contributed by atoms with Crippen molar-refractivity contribution in [1.29, 1.82) is 0 Å². The molecular formula is C21H27NO7S. The molecule has 1 saturated heterocycles. The number of rotatable bonds is 6. The summed E-state index contributed by atoms with van der Waals surface area (Å²) in [6, 6.07) is 7.58. The largest absolute Gasteiger partial charge is 0.337 e. The minimum absolute atomic E-state index is 0.129. The van der Waals surface area contributed by atoms with E-state index in [0.29, 0.717) is 11.5 Å². The Labute approximate surface area is 176 Å². The van der Waals surface area contributed by atoms with E-state index in [9.17, 15) is 22.8 Å². The van der Waals surface area contributed by atoms with Gasteiger partial charge in [0.05, 0.1) is 12.8 Å². The van der Waals surface area contributed by atoms with Gasteiger partial charge in [-0.15, -0.1) is 5.06 Å². The average Bonchev–Trinajstić information content (AvgIpc) is 2.94. The van der Waals surface area contributed by atoms with E-state index in [2.05, 4.69) is 0 Å². The van der Waals surface area contributed by atoms with Crippen LogP contribution in [-0.2, 0) is 42.2 Å². The lowest BCUT2D eigenvalue weighted by atomic mass is 9.86. The van der Waals surface area contributed by atoms with Crippen LogP contribution in [0.5, 0.6) is 0 Å². The Balaban J connectivity index is 1.53. The first kappa shape index (κ1) is 22.4. The summed E-state index contributed by atoms with van der Waals surface area (Å²) in [7, 11) is -4.74. The van der Waals surface area contributed by atoms with E-state index >= 15 is 0 Å². The Morgan fingerprint density at radius 1 is 1.00 bits per heavy atom. The van der Waals surface area contributed by atoms with Gasteiger partial charge < -0.3 is 4.84 Å². The molecule has 1 aromatic rings. The molecule has 1 atom stereocenters. The zero-order valence-corrected chi connectivity index (χ0v) is 17.6. The summed E-state index contributed by atoms with van der Waals surface area (Å²) in [6.07, 6.45) is 9.10. The van der Waals surface area contributed by atoms with Gasteiger partial charge in [-0.25, -0.2) is 4.79 Å². The van der Waals surface area contributed by atoms with E-state index in [4.69, 9.17) is 9.39 Å². The fraction of sp³-hybridized carbons (Fsp3) is 0.571. The van der Waals surface area contributed by atoms with Crippen molar-refractivity contribution in [2.24, 2.45) is 5.92 Å². The second-order valence-electron chi connectivity index (χ2n) is 8.11.